The van der Waals surface area contributed by atoms with Crippen molar-refractivity contribution in [1.82, 2.24) is 9.55 Å². The molecule has 0 aromatic carbocycles. The van der Waals surface area contributed by atoms with Gasteiger partial charge in [-0.25, -0.2) is 4.98 Å². The normalized spacial score (nSPS) is 19.8. The van der Waals surface area contributed by atoms with Gasteiger partial charge in [0.1, 0.15) is 6.20 Å². The van der Waals surface area contributed by atoms with E-state index in [4.69, 9.17) is 0 Å². The van der Waals surface area contributed by atoms with E-state index in [1.165, 1.54) is 37.8 Å². The van der Waals surface area contributed by atoms with Gasteiger partial charge in [-0.15, -0.1) is 0 Å². The van der Waals surface area contributed by atoms with Crippen LogP contribution in [0.25, 0.3) is 0 Å². The van der Waals surface area contributed by atoms with Gasteiger partial charge >= 0.3 is 0 Å². The molecule has 12 heavy (non-hydrogen) atoms. The maximum atomic E-state index is 4.03. The van der Waals surface area contributed by atoms with Crippen molar-refractivity contribution in [3.05, 3.63) is 18.2 Å². The zero-order valence-corrected chi connectivity index (χ0v) is 7.58. The minimum Gasteiger partial charge on any atom is -0.337 e. The van der Waals surface area contributed by atoms with Crippen molar-refractivity contribution in [3.63, 3.8) is 0 Å². The van der Waals surface area contributed by atoms with E-state index in [2.05, 4.69) is 22.8 Å². The number of aryl methyl sites for hydroxylation is 1. The predicted octanol–water partition coefficient (Wildman–Crippen LogP) is 2.27. The molecular formula is C10H15N2. The van der Waals surface area contributed by atoms with Gasteiger partial charge in [-0.1, -0.05) is 19.3 Å². The highest BCUT2D eigenvalue weighted by Gasteiger charge is 2.17. The Kier molecular flexibility index (Phi) is 2.15. The highest BCUT2D eigenvalue weighted by molar-refractivity contribution is 5.04. The summed E-state index contributed by atoms with van der Waals surface area (Å²) < 4.78 is 2.11. The first kappa shape index (κ1) is 7.84. The second-order valence-corrected chi connectivity index (χ2v) is 3.69. The van der Waals surface area contributed by atoms with Crippen molar-refractivity contribution in [1.29, 1.82) is 0 Å². The molecule has 0 aliphatic heterocycles. The Labute approximate surface area is 73.6 Å². The number of aromatic nitrogens is 2. The monoisotopic (exact) mass is 163 g/mol. The van der Waals surface area contributed by atoms with Crippen LogP contribution in [0.3, 0.4) is 0 Å². The van der Waals surface area contributed by atoms with E-state index in [1.54, 1.807) is 0 Å². The molecule has 0 N–H and O–H groups in total. The SMILES string of the molecule is Cn1cn[c]c1C1CCCCC1. The van der Waals surface area contributed by atoms with Gasteiger partial charge in [0.2, 0.25) is 0 Å². The molecule has 1 aromatic heterocycles. The lowest BCUT2D eigenvalue weighted by atomic mass is 9.87. The van der Waals surface area contributed by atoms with Crippen LogP contribution >= 0.6 is 0 Å². The second kappa shape index (κ2) is 3.30. The molecule has 1 aliphatic rings. The van der Waals surface area contributed by atoms with E-state index in [0.29, 0.717) is 0 Å². The quantitative estimate of drug-likeness (QED) is 0.621. The van der Waals surface area contributed by atoms with E-state index in [-0.39, 0.29) is 0 Å². The standard InChI is InChI=1S/C10H15N2/c1-12-8-11-7-10(12)9-5-3-2-4-6-9/h8-9H,2-6H2,1H3. The van der Waals surface area contributed by atoms with Crippen molar-refractivity contribution in [3.8, 4) is 0 Å². The first-order chi connectivity index (χ1) is 5.88. The van der Waals surface area contributed by atoms with Crippen LogP contribution in [0.2, 0.25) is 0 Å². The van der Waals surface area contributed by atoms with Gasteiger partial charge in [-0.3, -0.25) is 0 Å². The van der Waals surface area contributed by atoms with Crippen LogP contribution in [0.15, 0.2) is 6.33 Å². The Bertz CT molecular complexity index is 246. The molecule has 2 nitrogen and oxygen atoms in total. The summed E-state index contributed by atoms with van der Waals surface area (Å²) in [5.41, 5.74) is 1.30. The maximum Gasteiger partial charge on any atom is 0.112 e. The molecular weight excluding hydrogens is 148 g/mol. The molecule has 1 aliphatic carbocycles. The summed E-state index contributed by atoms with van der Waals surface area (Å²) in [6.45, 7) is 0. The van der Waals surface area contributed by atoms with Crippen LogP contribution < -0.4 is 0 Å². The molecule has 0 atom stereocenters. The van der Waals surface area contributed by atoms with Crippen molar-refractivity contribution >= 4 is 0 Å². The van der Waals surface area contributed by atoms with Crippen molar-refractivity contribution in [2.45, 2.75) is 38.0 Å². The lowest BCUT2D eigenvalue weighted by molar-refractivity contribution is 0.429. The Hall–Kier alpha value is -0.790. The number of hydrogen-bond acceptors (Lipinski definition) is 1. The average Bonchev–Trinajstić information content (AvgIpc) is 2.53. The third-order valence-electron chi connectivity index (χ3n) is 2.78. The summed E-state index contributed by atoms with van der Waals surface area (Å²) in [6.07, 6.45) is 11.8. The van der Waals surface area contributed by atoms with E-state index in [0.717, 1.165) is 5.92 Å². The smallest absolute Gasteiger partial charge is 0.112 e. The summed E-state index contributed by atoms with van der Waals surface area (Å²) in [4.78, 5) is 4.03. The van der Waals surface area contributed by atoms with Crippen LogP contribution in [-0.2, 0) is 7.05 Å². The molecule has 1 heterocycles. The average molecular weight is 163 g/mol. The Morgan fingerprint density at radius 1 is 1.42 bits per heavy atom. The summed E-state index contributed by atoms with van der Waals surface area (Å²) >= 11 is 0. The third kappa shape index (κ3) is 1.38. The molecule has 1 saturated carbocycles. The fraction of sp³-hybridized carbons (Fsp3) is 0.700. The highest BCUT2D eigenvalue weighted by atomic mass is 15.0. The van der Waals surface area contributed by atoms with Gasteiger partial charge in [-0.2, -0.15) is 0 Å². The van der Waals surface area contributed by atoms with Gasteiger partial charge in [0, 0.05) is 18.7 Å². The Morgan fingerprint density at radius 3 is 2.75 bits per heavy atom. The third-order valence-corrected chi connectivity index (χ3v) is 2.78. The highest BCUT2D eigenvalue weighted by Crippen LogP contribution is 2.31. The van der Waals surface area contributed by atoms with Crippen molar-refractivity contribution in [2.24, 2.45) is 7.05 Å². The van der Waals surface area contributed by atoms with Gasteiger partial charge in [0.05, 0.1) is 6.33 Å². The first-order valence-electron chi connectivity index (χ1n) is 4.77. The largest absolute Gasteiger partial charge is 0.337 e. The number of nitrogens with zero attached hydrogens (tertiary/aromatic N) is 2. The fourth-order valence-electron chi connectivity index (χ4n) is 2.08. The summed E-state index contributed by atoms with van der Waals surface area (Å²) in [7, 11) is 2.06. The summed E-state index contributed by atoms with van der Waals surface area (Å²) in [5, 5.41) is 0. The molecule has 0 unspecified atom stereocenters. The second-order valence-electron chi connectivity index (χ2n) is 3.69. The lowest BCUT2D eigenvalue weighted by Gasteiger charge is -2.21. The van der Waals surface area contributed by atoms with Gasteiger partial charge < -0.3 is 4.57 Å². The lowest BCUT2D eigenvalue weighted by Crippen LogP contribution is -2.08. The minimum atomic E-state index is 0.728. The van der Waals surface area contributed by atoms with Gasteiger partial charge in [-0.05, 0) is 12.8 Å². The van der Waals surface area contributed by atoms with E-state index < -0.39 is 0 Å². The topological polar surface area (TPSA) is 17.8 Å². The van der Waals surface area contributed by atoms with E-state index in [9.17, 15) is 0 Å². The van der Waals surface area contributed by atoms with Crippen molar-refractivity contribution < 1.29 is 0 Å². The Balaban J connectivity index is 2.13. The molecule has 0 bridgehead atoms. The van der Waals surface area contributed by atoms with Crippen LogP contribution in [-0.4, -0.2) is 9.55 Å². The zero-order valence-electron chi connectivity index (χ0n) is 7.58. The minimum absolute atomic E-state index is 0.728. The molecule has 2 rings (SSSR count). The number of hydrogen-bond donors (Lipinski definition) is 0. The van der Waals surface area contributed by atoms with E-state index in [1.807, 2.05) is 6.33 Å². The van der Waals surface area contributed by atoms with Crippen LogP contribution in [0, 0.1) is 6.20 Å². The predicted molar refractivity (Wildman–Crippen MR) is 47.9 cm³/mol. The summed E-state index contributed by atoms with van der Waals surface area (Å²) in [6, 6.07) is 0. The number of imidazole rings is 1. The van der Waals surface area contributed by atoms with Gasteiger partial charge in [0.25, 0.3) is 0 Å². The van der Waals surface area contributed by atoms with E-state index >= 15 is 0 Å². The molecule has 0 amide bonds. The first-order valence-corrected chi connectivity index (χ1v) is 4.77. The van der Waals surface area contributed by atoms with Gasteiger partial charge in [0.15, 0.2) is 0 Å². The zero-order chi connectivity index (χ0) is 8.39. The molecule has 2 heteroatoms. The molecule has 0 spiro atoms. The molecule has 1 fully saturated rings. The summed E-state index contributed by atoms with van der Waals surface area (Å²) in [5.74, 6) is 0.728. The fourth-order valence-corrected chi connectivity index (χ4v) is 2.08. The van der Waals surface area contributed by atoms with Crippen LogP contribution in [0.1, 0.15) is 43.7 Å². The molecule has 65 valence electrons. The van der Waals surface area contributed by atoms with Crippen molar-refractivity contribution in [2.75, 3.05) is 0 Å². The molecule has 0 saturated heterocycles. The molecule has 1 aromatic rings. The number of rotatable bonds is 1. The molecule has 1 radical (unpaired) electrons. The van der Waals surface area contributed by atoms with Crippen LogP contribution in [0.4, 0.5) is 0 Å². The Morgan fingerprint density at radius 2 is 2.17 bits per heavy atom. The maximum absolute atomic E-state index is 4.03. The van der Waals surface area contributed by atoms with Crippen LogP contribution in [0.5, 0.6) is 0 Å².